The fraction of sp³-hybridized carbons (Fsp3) is 0.462. The molecule has 0 amide bonds. The highest BCUT2D eigenvalue weighted by Gasteiger charge is 2.31. The summed E-state index contributed by atoms with van der Waals surface area (Å²) in [6.07, 6.45) is -1.01. The van der Waals surface area contributed by atoms with Crippen LogP contribution >= 0.6 is 0 Å². The Morgan fingerprint density at radius 3 is 1.10 bits per heavy atom. The van der Waals surface area contributed by atoms with Crippen LogP contribution in [0.3, 0.4) is 0 Å². The third-order valence-corrected chi connectivity index (χ3v) is 4.81. The summed E-state index contributed by atoms with van der Waals surface area (Å²) in [5.74, 6) is -20.0. The van der Waals surface area contributed by atoms with E-state index >= 15 is 0 Å². The minimum atomic E-state index is -1.88. The number of benzene rings is 2. The van der Waals surface area contributed by atoms with E-state index < -0.39 is 93.6 Å². The Bertz CT molecular complexity index is 1050. The van der Waals surface area contributed by atoms with Gasteiger partial charge in [-0.2, -0.15) is 17.6 Å². The van der Waals surface area contributed by atoms with E-state index in [1.165, 1.54) is 27.7 Å². The summed E-state index contributed by atoms with van der Waals surface area (Å²) in [5, 5.41) is 0. The lowest BCUT2D eigenvalue weighted by atomic mass is 9.89. The first-order valence-electron chi connectivity index (χ1n) is 11.6. The first-order chi connectivity index (χ1) is 17.9. The van der Waals surface area contributed by atoms with Crippen LogP contribution in [0.5, 0.6) is 11.5 Å². The molecule has 0 aliphatic heterocycles. The van der Waals surface area contributed by atoms with Crippen LogP contribution < -0.4 is 9.47 Å². The molecule has 13 heteroatoms. The predicted molar refractivity (Wildman–Crippen MR) is 123 cm³/mol. The number of ether oxygens (including phenoxy) is 3. The normalized spacial score (nSPS) is 11.5. The molecule has 0 aliphatic rings. The standard InChI is InChI=1S/C24H22F8O5.C2H6/c1-23(2,7-15(33)36-21-17(29)11(25)5-12(26)18(21)30)9-35-10-24(3,4)8-16(34)37-22-19(31)13(27)6-14(28)20(22)32;1-2/h5-6H,7-10H2,1-4H3;1-2H3. The van der Waals surface area contributed by atoms with Crippen LogP contribution in [-0.2, 0) is 14.3 Å². The zero-order valence-corrected chi connectivity index (χ0v) is 22.0. The first-order valence-corrected chi connectivity index (χ1v) is 11.6. The first kappa shape index (κ1) is 33.8. The fourth-order valence-corrected chi connectivity index (χ4v) is 3.07. The summed E-state index contributed by atoms with van der Waals surface area (Å²) in [6.45, 7) is 9.64. The summed E-state index contributed by atoms with van der Waals surface area (Å²) in [6, 6.07) is -0.0819. The second kappa shape index (κ2) is 13.7. The third kappa shape index (κ3) is 9.48. The van der Waals surface area contributed by atoms with Crippen molar-refractivity contribution in [1.82, 2.24) is 0 Å². The van der Waals surface area contributed by atoms with Crippen LogP contribution in [0.2, 0.25) is 0 Å². The Balaban J connectivity index is 0.00000371. The summed E-state index contributed by atoms with van der Waals surface area (Å²) in [5.41, 5.74) is -2.06. The van der Waals surface area contributed by atoms with E-state index in [1.807, 2.05) is 13.8 Å². The number of esters is 2. The van der Waals surface area contributed by atoms with E-state index in [-0.39, 0.29) is 25.3 Å². The predicted octanol–water partition coefficient (Wildman–Crippen LogP) is 7.19. The molecule has 0 saturated carbocycles. The highest BCUT2D eigenvalue weighted by Crippen LogP contribution is 2.31. The highest BCUT2D eigenvalue weighted by molar-refractivity contribution is 5.73. The molecule has 0 unspecified atom stereocenters. The van der Waals surface area contributed by atoms with Gasteiger partial charge in [0.05, 0.1) is 26.1 Å². The van der Waals surface area contributed by atoms with Gasteiger partial charge in [0.1, 0.15) is 0 Å². The van der Waals surface area contributed by atoms with Crippen molar-refractivity contribution in [3.8, 4) is 11.5 Å². The van der Waals surface area contributed by atoms with Crippen molar-refractivity contribution in [2.24, 2.45) is 10.8 Å². The van der Waals surface area contributed by atoms with E-state index in [0.717, 1.165) is 0 Å². The van der Waals surface area contributed by atoms with Crippen molar-refractivity contribution >= 4 is 11.9 Å². The van der Waals surface area contributed by atoms with Crippen LogP contribution in [0.25, 0.3) is 0 Å². The molecule has 2 rings (SSSR count). The Hall–Kier alpha value is -3.22. The summed E-state index contributed by atoms with van der Waals surface area (Å²) >= 11 is 0. The van der Waals surface area contributed by atoms with Gasteiger partial charge in [-0.25, -0.2) is 17.6 Å². The lowest BCUT2D eigenvalue weighted by molar-refractivity contribution is -0.138. The van der Waals surface area contributed by atoms with Crippen LogP contribution in [0, 0.1) is 57.4 Å². The molecule has 0 fully saturated rings. The molecule has 2 aromatic carbocycles. The largest absolute Gasteiger partial charge is 0.420 e. The molecule has 0 bridgehead atoms. The monoisotopic (exact) mass is 572 g/mol. The van der Waals surface area contributed by atoms with Gasteiger partial charge in [-0.15, -0.1) is 0 Å². The minimum Gasteiger partial charge on any atom is -0.420 e. The highest BCUT2D eigenvalue weighted by atomic mass is 19.2. The molecule has 0 atom stereocenters. The Morgan fingerprint density at radius 1 is 0.590 bits per heavy atom. The van der Waals surface area contributed by atoms with Crippen LogP contribution in [0.1, 0.15) is 54.4 Å². The third-order valence-electron chi connectivity index (χ3n) is 4.81. The Kier molecular flexibility index (Phi) is 11.9. The molecule has 2 aromatic rings. The fourth-order valence-electron chi connectivity index (χ4n) is 3.07. The molecule has 0 aromatic heterocycles. The van der Waals surface area contributed by atoms with Crippen molar-refractivity contribution in [1.29, 1.82) is 0 Å². The minimum absolute atomic E-state index is 0.0409. The number of halogens is 8. The van der Waals surface area contributed by atoms with Gasteiger partial charge in [0.25, 0.3) is 0 Å². The summed E-state index contributed by atoms with van der Waals surface area (Å²) in [7, 11) is 0. The zero-order valence-electron chi connectivity index (χ0n) is 22.0. The number of hydrogen-bond acceptors (Lipinski definition) is 5. The van der Waals surface area contributed by atoms with Gasteiger partial charge in [0.15, 0.2) is 23.3 Å². The lowest BCUT2D eigenvalue weighted by Crippen LogP contribution is -2.30. The van der Waals surface area contributed by atoms with E-state index in [1.54, 1.807) is 0 Å². The van der Waals surface area contributed by atoms with Crippen molar-refractivity contribution in [3.63, 3.8) is 0 Å². The molecule has 218 valence electrons. The second-order valence-electron chi connectivity index (χ2n) is 9.72. The summed E-state index contributed by atoms with van der Waals surface area (Å²) in [4.78, 5) is 24.2. The molecule has 5 nitrogen and oxygen atoms in total. The Morgan fingerprint density at radius 2 is 0.846 bits per heavy atom. The van der Waals surface area contributed by atoms with Crippen LogP contribution in [-0.4, -0.2) is 25.2 Å². The average molecular weight is 572 g/mol. The summed E-state index contributed by atoms with van der Waals surface area (Å²) < 4.78 is 122. The topological polar surface area (TPSA) is 61.8 Å². The molecule has 39 heavy (non-hydrogen) atoms. The molecule has 0 saturated heterocycles. The number of carbonyl (C=O) groups is 2. The molecule has 0 N–H and O–H groups in total. The zero-order chi connectivity index (χ0) is 30.3. The van der Waals surface area contributed by atoms with Crippen molar-refractivity contribution < 1.29 is 58.9 Å². The average Bonchev–Trinajstić information content (AvgIpc) is 2.82. The lowest BCUT2D eigenvalue weighted by Gasteiger charge is -2.28. The van der Waals surface area contributed by atoms with Crippen molar-refractivity contribution in [2.75, 3.05) is 13.2 Å². The van der Waals surface area contributed by atoms with Crippen LogP contribution in [0.4, 0.5) is 35.1 Å². The van der Waals surface area contributed by atoms with E-state index in [4.69, 9.17) is 4.74 Å². The molecular weight excluding hydrogens is 544 g/mol. The number of rotatable bonds is 10. The second-order valence-corrected chi connectivity index (χ2v) is 9.72. The van der Waals surface area contributed by atoms with Gasteiger partial charge in [0.2, 0.25) is 34.8 Å². The van der Waals surface area contributed by atoms with E-state index in [2.05, 4.69) is 9.47 Å². The smallest absolute Gasteiger partial charge is 0.312 e. The van der Waals surface area contributed by atoms with Gasteiger partial charge in [-0.3, -0.25) is 9.59 Å². The SMILES string of the molecule is CC.CC(C)(COCC(C)(C)CC(=O)Oc1c(F)c(F)cc(F)c1F)CC(=O)Oc1c(F)c(F)cc(F)c1F. The van der Waals surface area contributed by atoms with E-state index in [9.17, 15) is 44.7 Å². The number of hydrogen-bond donors (Lipinski definition) is 0. The van der Waals surface area contributed by atoms with Gasteiger partial charge in [0, 0.05) is 12.1 Å². The molecule has 0 spiro atoms. The van der Waals surface area contributed by atoms with Gasteiger partial charge >= 0.3 is 11.9 Å². The molecule has 0 radical (unpaired) electrons. The van der Waals surface area contributed by atoms with Crippen molar-refractivity contribution in [2.45, 2.75) is 54.4 Å². The molecule has 0 heterocycles. The van der Waals surface area contributed by atoms with Gasteiger partial charge in [-0.05, 0) is 10.8 Å². The van der Waals surface area contributed by atoms with Crippen LogP contribution in [0.15, 0.2) is 12.1 Å². The Labute approximate surface area is 220 Å². The maximum Gasteiger partial charge on any atom is 0.312 e. The van der Waals surface area contributed by atoms with Gasteiger partial charge in [-0.1, -0.05) is 41.5 Å². The number of carbonyl (C=O) groups excluding carboxylic acids is 2. The molecule has 0 aliphatic carbocycles. The van der Waals surface area contributed by atoms with Crippen molar-refractivity contribution in [3.05, 3.63) is 58.7 Å². The maximum atomic E-state index is 13.7. The quantitative estimate of drug-likeness (QED) is 0.131. The van der Waals surface area contributed by atoms with E-state index in [0.29, 0.717) is 0 Å². The maximum absolute atomic E-state index is 13.7. The van der Waals surface area contributed by atoms with Gasteiger partial charge < -0.3 is 14.2 Å². The molecular formula is C26H28F8O5.